The Balaban J connectivity index is 1.79. The van der Waals surface area contributed by atoms with Gasteiger partial charge in [-0.1, -0.05) is 6.07 Å². The number of anilines is 2. The van der Waals surface area contributed by atoms with E-state index in [4.69, 9.17) is 15.2 Å². The normalized spacial score (nSPS) is 14.2. The van der Waals surface area contributed by atoms with Crippen molar-refractivity contribution < 1.29 is 9.47 Å². The van der Waals surface area contributed by atoms with Gasteiger partial charge in [0.2, 0.25) is 5.95 Å². The first-order valence-corrected chi connectivity index (χ1v) is 10.1. The van der Waals surface area contributed by atoms with Crippen LogP contribution in [0.2, 0.25) is 0 Å². The van der Waals surface area contributed by atoms with Crippen molar-refractivity contribution in [1.29, 1.82) is 0 Å². The Morgan fingerprint density at radius 2 is 1.93 bits per heavy atom. The fraction of sp³-hybridized carbons (Fsp3) is 0.524. The Labute approximate surface area is 167 Å². The van der Waals surface area contributed by atoms with E-state index in [0.29, 0.717) is 19.0 Å². The van der Waals surface area contributed by atoms with Crippen molar-refractivity contribution in [3.8, 4) is 22.6 Å². The molecule has 28 heavy (non-hydrogen) atoms. The lowest BCUT2D eigenvalue weighted by atomic mass is 10.0. The molecular weight excluding hydrogens is 354 g/mol. The maximum atomic E-state index is 6.11. The van der Waals surface area contributed by atoms with Crippen LogP contribution in [-0.2, 0) is 0 Å². The maximum absolute atomic E-state index is 6.11. The molecule has 1 fully saturated rings. The third-order valence-electron chi connectivity index (χ3n) is 4.95. The summed E-state index contributed by atoms with van der Waals surface area (Å²) >= 11 is 0. The number of aromatic nitrogens is 2. The van der Waals surface area contributed by atoms with Gasteiger partial charge in [-0.2, -0.15) is 4.98 Å². The minimum absolute atomic E-state index is 0.259. The number of hydrogen-bond acceptors (Lipinski definition) is 7. The van der Waals surface area contributed by atoms with Crippen LogP contribution in [0.3, 0.4) is 0 Å². The van der Waals surface area contributed by atoms with Gasteiger partial charge < -0.3 is 25.4 Å². The van der Waals surface area contributed by atoms with Gasteiger partial charge in [0.25, 0.3) is 0 Å². The fourth-order valence-electron chi connectivity index (χ4n) is 3.65. The minimum atomic E-state index is 0.259. The van der Waals surface area contributed by atoms with Crippen molar-refractivity contribution in [1.82, 2.24) is 14.9 Å². The molecule has 7 heteroatoms. The molecule has 7 nitrogen and oxygen atoms in total. The quantitative estimate of drug-likeness (QED) is 0.640. The number of rotatable bonds is 9. The highest BCUT2D eigenvalue weighted by atomic mass is 16.5. The molecule has 0 aliphatic carbocycles. The highest BCUT2D eigenvalue weighted by molar-refractivity contribution is 5.79. The van der Waals surface area contributed by atoms with E-state index in [1.54, 1.807) is 0 Å². The molecule has 0 amide bonds. The number of likely N-dealkylation sites (tertiary alicyclic amines) is 1. The van der Waals surface area contributed by atoms with E-state index < -0.39 is 0 Å². The first kappa shape index (κ1) is 20.2. The second-order valence-electron chi connectivity index (χ2n) is 6.99. The number of nitrogens with two attached hydrogens (primary N) is 1. The molecule has 0 atom stereocenters. The van der Waals surface area contributed by atoms with E-state index >= 15 is 0 Å². The van der Waals surface area contributed by atoms with Crippen molar-refractivity contribution >= 4 is 11.8 Å². The minimum Gasteiger partial charge on any atom is -0.490 e. The van der Waals surface area contributed by atoms with E-state index in [0.717, 1.165) is 41.3 Å². The summed E-state index contributed by atoms with van der Waals surface area (Å²) < 4.78 is 11.9. The molecule has 0 unspecified atom stereocenters. The Morgan fingerprint density at radius 1 is 1.14 bits per heavy atom. The molecule has 1 aromatic carbocycles. The Bertz CT molecular complexity index is 791. The molecule has 2 aromatic rings. The lowest BCUT2D eigenvalue weighted by molar-refractivity contribution is 0.248. The summed E-state index contributed by atoms with van der Waals surface area (Å²) in [6.45, 7) is 8.67. The van der Waals surface area contributed by atoms with Crippen LogP contribution in [0.1, 0.15) is 31.9 Å². The molecule has 1 aromatic heterocycles. The van der Waals surface area contributed by atoms with Gasteiger partial charge in [0, 0.05) is 19.2 Å². The van der Waals surface area contributed by atoms with Crippen LogP contribution in [0, 0.1) is 6.92 Å². The van der Waals surface area contributed by atoms with E-state index in [1.165, 1.54) is 25.9 Å². The summed E-state index contributed by atoms with van der Waals surface area (Å²) in [6.07, 6.45) is 3.63. The molecule has 0 spiro atoms. The number of nitrogens with zero attached hydrogens (tertiary/aromatic N) is 3. The van der Waals surface area contributed by atoms with Crippen LogP contribution in [0.5, 0.6) is 11.5 Å². The van der Waals surface area contributed by atoms with Gasteiger partial charge in [0.1, 0.15) is 5.82 Å². The molecule has 1 aliphatic rings. The Kier molecular flexibility index (Phi) is 6.92. The monoisotopic (exact) mass is 385 g/mol. The second-order valence-corrected chi connectivity index (χ2v) is 6.99. The van der Waals surface area contributed by atoms with Crippen molar-refractivity contribution in [3.63, 3.8) is 0 Å². The highest BCUT2D eigenvalue weighted by Crippen LogP contribution is 2.36. The summed E-state index contributed by atoms with van der Waals surface area (Å²) in [5.74, 6) is 2.47. The summed E-state index contributed by atoms with van der Waals surface area (Å²) in [4.78, 5) is 11.1. The van der Waals surface area contributed by atoms with Crippen LogP contribution < -0.4 is 20.5 Å². The summed E-state index contributed by atoms with van der Waals surface area (Å²) in [5.41, 5.74) is 8.51. The second kappa shape index (κ2) is 9.59. The number of ether oxygens (including phenoxy) is 2. The molecular formula is C21H31N5O2. The van der Waals surface area contributed by atoms with Crippen molar-refractivity contribution in [2.45, 2.75) is 33.1 Å². The van der Waals surface area contributed by atoms with Gasteiger partial charge in [-0.05, 0) is 63.9 Å². The number of benzene rings is 1. The number of hydrogen-bond donors (Lipinski definition) is 2. The molecule has 1 aliphatic heterocycles. The smallest absolute Gasteiger partial charge is 0.222 e. The van der Waals surface area contributed by atoms with Gasteiger partial charge in [-0.15, -0.1) is 0 Å². The van der Waals surface area contributed by atoms with Crippen LogP contribution in [-0.4, -0.2) is 54.8 Å². The zero-order valence-corrected chi connectivity index (χ0v) is 17.1. The van der Waals surface area contributed by atoms with E-state index in [9.17, 15) is 0 Å². The molecule has 3 N–H and O–H groups in total. The first-order valence-electron chi connectivity index (χ1n) is 10.1. The molecule has 0 radical (unpaired) electrons. The van der Waals surface area contributed by atoms with E-state index in [2.05, 4.69) is 20.2 Å². The zero-order chi connectivity index (χ0) is 19.9. The third-order valence-corrected chi connectivity index (χ3v) is 4.95. The largest absolute Gasteiger partial charge is 0.490 e. The van der Waals surface area contributed by atoms with Crippen LogP contribution >= 0.6 is 0 Å². The number of aryl methyl sites for hydroxylation is 1. The van der Waals surface area contributed by atoms with E-state index in [1.807, 2.05) is 39.1 Å². The van der Waals surface area contributed by atoms with Gasteiger partial charge in [0.05, 0.1) is 18.9 Å². The summed E-state index contributed by atoms with van der Waals surface area (Å²) in [6, 6.07) is 5.96. The molecule has 152 valence electrons. The van der Waals surface area contributed by atoms with Crippen LogP contribution in [0.15, 0.2) is 18.2 Å². The van der Waals surface area contributed by atoms with Crippen LogP contribution in [0.4, 0.5) is 11.8 Å². The highest BCUT2D eigenvalue weighted by Gasteiger charge is 2.16. The number of nitrogen functional groups attached to an aromatic ring is 1. The van der Waals surface area contributed by atoms with Gasteiger partial charge in [-0.3, -0.25) is 0 Å². The first-order chi connectivity index (χ1) is 13.6. The summed E-state index contributed by atoms with van der Waals surface area (Å²) in [5, 5.41) is 3.11. The maximum Gasteiger partial charge on any atom is 0.222 e. The van der Waals surface area contributed by atoms with Crippen LogP contribution in [0.25, 0.3) is 11.1 Å². The van der Waals surface area contributed by atoms with Crippen molar-refractivity contribution in [2.75, 3.05) is 50.9 Å². The predicted octanol–water partition coefficient (Wildman–Crippen LogP) is 3.34. The standard InChI is InChI=1S/C21H31N5O2/c1-4-27-17-9-8-16(19-15(2)24-21(22)25-20(19)23-3)14-18(17)28-13-7-12-26-10-5-6-11-26/h8-9,14H,4-7,10-13H2,1-3H3,(H3,22,23,24,25). The average molecular weight is 386 g/mol. The molecule has 3 rings (SSSR count). The Hall–Kier alpha value is -2.54. The SMILES string of the molecule is CCOc1ccc(-c2c(C)nc(N)nc2NC)cc1OCCCN1CCCC1. The summed E-state index contributed by atoms with van der Waals surface area (Å²) in [7, 11) is 1.83. The zero-order valence-electron chi connectivity index (χ0n) is 17.1. The average Bonchev–Trinajstić information content (AvgIpc) is 3.19. The molecule has 1 saturated heterocycles. The fourth-order valence-corrected chi connectivity index (χ4v) is 3.65. The lowest BCUT2D eigenvalue weighted by Crippen LogP contribution is -2.22. The van der Waals surface area contributed by atoms with Crippen molar-refractivity contribution in [3.05, 3.63) is 23.9 Å². The molecule has 2 heterocycles. The van der Waals surface area contributed by atoms with Gasteiger partial charge in [-0.25, -0.2) is 4.98 Å². The lowest BCUT2D eigenvalue weighted by Gasteiger charge is -2.17. The topological polar surface area (TPSA) is 85.5 Å². The van der Waals surface area contributed by atoms with E-state index in [-0.39, 0.29) is 5.95 Å². The molecule has 0 bridgehead atoms. The number of nitrogens with one attached hydrogen (secondary N) is 1. The predicted molar refractivity (Wildman–Crippen MR) is 113 cm³/mol. The third kappa shape index (κ3) is 4.84. The molecule has 0 saturated carbocycles. The van der Waals surface area contributed by atoms with Crippen molar-refractivity contribution in [2.24, 2.45) is 0 Å². The van der Waals surface area contributed by atoms with Gasteiger partial charge in [0.15, 0.2) is 11.5 Å². The van der Waals surface area contributed by atoms with Gasteiger partial charge >= 0.3 is 0 Å². The Morgan fingerprint density at radius 3 is 2.64 bits per heavy atom.